The van der Waals surface area contributed by atoms with Gasteiger partial charge in [0, 0.05) is 11.4 Å². The number of hydrogen-bond donors (Lipinski definition) is 1. The van der Waals surface area contributed by atoms with Gasteiger partial charge in [0.05, 0.1) is 19.3 Å². The maximum Gasteiger partial charge on any atom is 0.319 e. The summed E-state index contributed by atoms with van der Waals surface area (Å²) >= 11 is 7.29. The van der Waals surface area contributed by atoms with Gasteiger partial charge in [0.25, 0.3) is 0 Å². The van der Waals surface area contributed by atoms with E-state index in [1.807, 2.05) is 0 Å². The Kier molecular flexibility index (Phi) is 4.03. The molecule has 1 fully saturated rings. The Balaban J connectivity index is 1.84. The van der Waals surface area contributed by atoms with E-state index in [-0.39, 0.29) is 11.2 Å². The molecule has 1 N–H and O–H groups in total. The summed E-state index contributed by atoms with van der Waals surface area (Å²) in [4.78, 5) is 15.8. The van der Waals surface area contributed by atoms with Crippen LogP contribution in [-0.4, -0.2) is 40.1 Å². The third-order valence-corrected chi connectivity index (χ3v) is 4.36. The molecule has 1 aliphatic heterocycles. The van der Waals surface area contributed by atoms with Gasteiger partial charge < -0.3 is 9.47 Å². The average molecular weight is 326 g/mol. The fourth-order valence-corrected chi connectivity index (χ4v) is 3.04. The fourth-order valence-electron chi connectivity index (χ4n) is 2.00. The van der Waals surface area contributed by atoms with Crippen molar-refractivity contribution in [2.24, 2.45) is 0 Å². The van der Waals surface area contributed by atoms with E-state index in [4.69, 9.17) is 21.1 Å². The van der Waals surface area contributed by atoms with E-state index in [1.54, 1.807) is 25.3 Å². The van der Waals surface area contributed by atoms with Crippen molar-refractivity contribution in [2.45, 2.75) is 16.8 Å². The second-order valence-corrected chi connectivity index (χ2v) is 5.98. The average Bonchev–Trinajstić information content (AvgIpc) is 3.09. The Labute approximate surface area is 130 Å². The molecule has 6 nitrogen and oxygen atoms in total. The van der Waals surface area contributed by atoms with Crippen LogP contribution < -0.4 is 4.74 Å². The highest BCUT2D eigenvalue weighted by molar-refractivity contribution is 8.00. The zero-order valence-corrected chi connectivity index (χ0v) is 12.7. The number of ether oxygens (including phenoxy) is 2. The van der Waals surface area contributed by atoms with Gasteiger partial charge in [-0.3, -0.25) is 9.89 Å². The monoisotopic (exact) mass is 325 g/mol. The smallest absolute Gasteiger partial charge is 0.319 e. The minimum atomic E-state index is -0.241. The lowest BCUT2D eigenvalue weighted by molar-refractivity contribution is -0.137. The van der Waals surface area contributed by atoms with Crippen LogP contribution in [0.1, 0.15) is 6.42 Å². The minimum absolute atomic E-state index is 0.216. The number of nitrogens with one attached hydrogen (secondary N) is 1. The maximum absolute atomic E-state index is 11.5. The number of benzene rings is 1. The van der Waals surface area contributed by atoms with Crippen LogP contribution in [-0.2, 0) is 9.53 Å². The largest absolute Gasteiger partial charge is 0.496 e. The fraction of sp³-hybridized carbons (Fsp3) is 0.308. The van der Waals surface area contributed by atoms with Crippen molar-refractivity contribution in [3.05, 3.63) is 23.2 Å². The summed E-state index contributed by atoms with van der Waals surface area (Å²) < 4.78 is 10.2. The topological polar surface area (TPSA) is 77.1 Å². The molecule has 1 aliphatic rings. The summed E-state index contributed by atoms with van der Waals surface area (Å²) in [6, 6.07) is 5.25. The third-order valence-electron chi connectivity index (χ3n) is 3.02. The Morgan fingerprint density at radius 2 is 2.38 bits per heavy atom. The molecule has 0 radical (unpaired) electrons. The third kappa shape index (κ3) is 2.98. The number of H-pyrrole nitrogens is 1. The van der Waals surface area contributed by atoms with Crippen LogP contribution >= 0.6 is 23.4 Å². The lowest BCUT2D eigenvalue weighted by atomic mass is 10.2. The van der Waals surface area contributed by atoms with Crippen molar-refractivity contribution in [2.75, 3.05) is 13.7 Å². The Bertz CT molecular complexity index is 676. The van der Waals surface area contributed by atoms with Crippen LogP contribution in [0.2, 0.25) is 5.02 Å². The Morgan fingerprint density at radius 3 is 3.10 bits per heavy atom. The molecule has 1 aromatic heterocycles. The quantitative estimate of drug-likeness (QED) is 0.870. The molecule has 1 aromatic carbocycles. The first-order valence-electron chi connectivity index (χ1n) is 6.27. The van der Waals surface area contributed by atoms with Crippen LogP contribution in [0.15, 0.2) is 23.4 Å². The number of halogens is 1. The number of methoxy groups -OCH3 is 1. The van der Waals surface area contributed by atoms with E-state index in [2.05, 4.69) is 15.2 Å². The SMILES string of the molecule is COc1ccc(Cl)cc1-c1nc(S[C@H]2CCOC2=O)n[nH]1. The summed E-state index contributed by atoms with van der Waals surface area (Å²) in [6.07, 6.45) is 0.674. The highest BCUT2D eigenvalue weighted by Gasteiger charge is 2.29. The van der Waals surface area contributed by atoms with E-state index in [9.17, 15) is 4.79 Å². The van der Waals surface area contributed by atoms with Crippen molar-refractivity contribution < 1.29 is 14.3 Å². The van der Waals surface area contributed by atoms with Gasteiger partial charge in [0.15, 0.2) is 5.82 Å². The number of carbonyl (C=O) groups is 1. The van der Waals surface area contributed by atoms with Gasteiger partial charge in [0.1, 0.15) is 11.0 Å². The number of rotatable bonds is 4. The van der Waals surface area contributed by atoms with Crippen LogP contribution in [0, 0.1) is 0 Å². The normalized spacial score (nSPS) is 17.8. The summed E-state index contributed by atoms with van der Waals surface area (Å²) in [5, 5.41) is 7.79. The number of aromatic amines is 1. The second kappa shape index (κ2) is 5.95. The van der Waals surface area contributed by atoms with Gasteiger partial charge in [-0.1, -0.05) is 23.4 Å². The molecule has 0 saturated carbocycles. The van der Waals surface area contributed by atoms with E-state index >= 15 is 0 Å². The molecule has 0 bridgehead atoms. The first kappa shape index (κ1) is 14.2. The van der Waals surface area contributed by atoms with Crippen LogP contribution in [0.3, 0.4) is 0 Å². The zero-order chi connectivity index (χ0) is 14.8. The van der Waals surface area contributed by atoms with E-state index < -0.39 is 0 Å². The first-order chi connectivity index (χ1) is 10.2. The summed E-state index contributed by atoms with van der Waals surface area (Å²) in [5.74, 6) is 0.974. The molecule has 1 saturated heterocycles. The van der Waals surface area contributed by atoms with E-state index in [1.165, 1.54) is 11.8 Å². The summed E-state index contributed by atoms with van der Waals surface area (Å²) in [7, 11) is 1.58. The standard InChI is InChI=1S/C13H12ClN3O3S/c1-19-9-3-2-7(14)6-8(9)11-15-13(17-16-11)21-10-4-5-20-12(10)18/h2-3,6,10H,4-5H2,1H3,(H,15,16,17)/t10-/m0/s1. The van der Waals surface area contributed by atoms with Crippen LogP contribution in [0.5, 0.6) is 5.75 Å². The van der Waals surface area contributed by atoms with E-state index in [0.717, 1.165) is 5.56 Å². The first-order valence-corrected chi connectivity index (χ1v) is 7.53. The molecule has 21 heavy (non-hydrogen) atoms. The maximum atomic E-state index is 11.5. The van der Waals surface area contributed by atoms with Crippen molar-refractivity contribution >= 4 is 29.3 Å². The Morgan fingerprint density at radius 1 is 1.52 bits per heavy atom. The summed E-state index contributed by atoms with van der Waals surface area (Å²) in [5.41, 5.74) is 0.721. The molecule has 8 heteroatoms. The van der Waals surface area contributed by atoms with E-state index in [0.29, 0.717) is 34.8 Å². The van der Waals surface area contributed by atoms with Gasteiger partial charge in [-0.05, 0) is 18.2 Å². The van der Waals surface area contributed by atoms with Crippen molar-refractivity contribution in [3.63, 3.8) is 0 Å². The molecular formula is C13H12ClN3O3S. The predicted molar refractivity (Wildman–Crippen MR) is 78.6 cm³/mol. The lowest BCUT2D eigenvalue weighted by Crippen LogP contribution is -2.09. The number of cyclic esters (lactones) is 1. The minimum Gasteiger partial charge on any atom is -0.496 e. The predicted octanol–water partition coefficient (Wildman–Crippen LogP) is 2.54. The zero-order valence-electron chi connectivity index (χ0n) is 11.1. The molecule has 0 aliphatic carbocycles. The molecule has 2 heterocycles. The molecule has 1 atom stereocenters. The molecule has 110 valence electrons. The van der Waals surface area contributed by atoms with Gasteiger partial charge in [-0.25, -0.2) is 4.98 Å². The number of carbonyl (C=O) groups excluding carboxylic acids is 1. The molecule has 0 amide bonds. The highest BCUT2D eigenvalue weighted by atomic mass is 35.5. The van der Waals surface area contributed by atoms with Crippen LogP contribution in [0.25, 0.3) is 11.4 Å². The van der Waals surface area contributed by atoms with Gasteiger partial charge in [0.2, 0.25) is 5.16 Å². The molecule has 2 aromatic rings. The van der Waals surface area contributed by atoms with Gasteiger partial charge >= 0.3 is 5.97 Å². The van der Waals surface area contributed by atoms with Crippen molar-refractivity contribution in [3.8, 4) is 17.1 Å². The lowest BCUT2D eigenvalue weighted by Gasteiger charge is -2.05. The second-order valence-electron chi connectivity index (χ2n) is 4.37. The van der Waals surface area contributed by atoms with Gasteiger partial charge in [-0.15, -0.1) is 5.10 Å². The number of esters is 1. The van der Waals surface area contributed by atoms with Crippen LogP contribution in [0.4, 0.5) is 0 Å². The number of aromatic nitrogens is 3. The number of nitrogens with zero attached hydrogens (tertiary/aromatic N) is 2. The molecule has 3 rings (SSSR count). The molecule has 0 spiro atoms. The number of hydrogen-bond acceptors (Lipinski definition) is 6. The molecular weight excluding hydrogens is 314 g/mol. The van der Waals surface area contributed by atoms with Crippen molar-refractivity contribution in [1.29, 1.82) is 0 Å². The van der Waals surface area contributed by atoms with Gasteiger partial charge in [-0.2, -0.15) is 0 Å². The summed E-state index contributed by atoms with van der Waals surface area (Å²) in [6.45, 7) is 0.454. The Hall–Kier alpha value is -1.73. The highest BCUT2D eigenvalue weighted by Crippen LogP contribution is 2.32. The molecule has 0 unspecified atom stereocenters. The number of thioether (sulfide) groups is 1. The van der Waals surface area contributed by atoms with Crippen molar-refractivity contribution in [1.82, 2.24) is 15.2 Å².